The number of Topliss-reactive ketones (excluding diaryl/α,β-unsaturated/α-hetero) is 1. The van der Waals surface area contributed by atoms with Crippen LogP contribution in [0.5, 0.6) is 5.75 Å². The van der Waals surface area contributed by atoms with Gasteiger partial charge in [-0.3, -0.25) is 4.79 Å². The first-order valence-corrected chi connectivity index (χ1v) is 5.77. The topological polar surface area (TPSA) is 26.3 Å². The van der Waals surface area contributed by atoms with E-state index in [1.807, 2.05) is 0 Å². The standard InChI is InChI=1S/C12H13Cl2FO2/c1-7(16)12(2,3)11(15)17-10-5-4-8(13)6-9(10)14/h4-6,11H,1-3H3. The lowest BCUT2D eigenvalue weighted by atomic mass is 9.89. The van der Waals surface area contributed by atoms with E-state index in [1.54, 1.807) is 0 Å². The molecule has 1 atom stereocenters. The Bertz CT molecular complexity index is 433. The SMILES string of the molecule is CC(=O)C(C)(C)C(F)Oc1ccc(Cl)cc1Cl. The van der Waals surface area contributed by atoms with Crippen LogP contribution in [-0.2, 0) is 4.79 Å². The summed E-state index contributed by atoms with van der Waals surface area (Å²) < 4.78 is 18.9. The third-order valence-electron chi connectivity index (χ3n) is 2.60. The Hall–Kier alpha value is -0.800. The Morgan fingerprint density at radius 2 is 2.00 bits per heavy atom. The van der Waals surface area contributed by atoms with E-state index in [0.29, 0.717) is 5.02 Å². The molecule has 0 saturated heterocycles. The summed E-state index contributed by atoms with van der Waals surface area (Å²) >= 11 is 11.5. The molecule has 0 saturated carbocycles. The number of alkyl halides is 1. The number of halogens is 3. The van der Waals surface area contributed by atoms with E-state index in [1.165, 1.54) is 39.0 Å². The molecule has 1 rings (SSSR count). The first-order valence-electron chi connectivity index (χ1n) is 5.02. The maximum atomic E-state index is 13.9. The molecule has 0 heterocycles. The number of hydrogen-bond donors (Lipinski definition) is 0. The van der Waals surface area contributed by atoms with Crippen LogP contribution in [0.25, 0.3) is 0 Å². The molecule has 94 valence electrons. The van der Waals surface area contributed by atoms with E-state index in [4.69, 9.17) is 27.9 Å². The predicted molar refractivity (Wildman–Crippen MR) is 66.4 cm³/mol. The number of benzene rings is 1. The minimum absolute atomic E-state index is 0.165. The third kappa shape index (κ3) is 3.33. The molecule has 1 aromatic rings. The van der Waals surface area contributed by atoms with Gasteiger partial charge in [0.2, 0.25) is 6.36 Å². The van der Waals surface area contributed by atoms with Crippen LogP contribution in [0.3, 0.4) is 0 Å². The van der Waals surface area contributed by atoms with Gasteiger partial charge in [-0.05, 0) is 39.0 Å². The monoisotopic (exact) mass is 278 g/mol. The smallest absolute Gasteiger partial charge is 0.250 e. The maximum Gasteiger partial charge on any atom is 0.250 e. The van der Waals surface area contributed by atoms with Crippen molar-refractivity contribution >= 4 is 29.0 Å². The molecule has 0 aliphatic heterocycles. The van der Waals surface area contributed by atoms with Gasteiger partial charge in [-0.15, -0.1) is 0 Å². The van der Waals surface area contributed by atoms with Gasteiger partial charge in [-0.2, -0.15) is 0 Å². The zero-order valence-electron chi connectivity index (χ0n) is 9.76. The first kappa shape index (κ1) is 14.3. The van der Waals surface area contributed by atoms with Crippen molar-refractivity contribution in [2.75, 3.05) is 0 Å². The molecule has 0 N–H and O–H groups in total. The minimum Gasteiger partial charge on any atom is -0.458 e. The highest BCUT2D eigenvalue weighted by Crippen LogP contribution is 2.33. The normalized spacial score (nSPS) is 13.3. The van der Waals surface area contributed by atoms with E-state index in [0.717, 1.165) is 0 Å². The highest BCUT2D eigenvalue weighted by Gasteiger charge is 2.36. The van der Waals surface area contributed by atoms with Crippen LogP contribution in [-0.4, -0.2) is 12.1 Å². The lowest BCUT2D eigenvalue weighted by Crippen LogP contribution is -2.36. The molecule has 0 aromatic heterocycles. The summed E-state index contributed by atoms with van der Waals surface area (Å²) in [5, 5.41) is 0.642. The molecule has 5 heteroatoms. The molecule has 0 bridgehead atoms. The summed E-state index contributed by atoms with van der Waals surface area (Å²) in [4.78, 5) is 11.3. The minimum atomic E-state index is -1.77. The summed E-state index contributed by atoms with van der Waals surface area (Å²) in [5.74, 6) is -0.132. The van der Waals surface area contributed by atoms with Crippen LogP contribution in [0.4, 0.5) is 4.39 Å². The van der Waals surface area contributed by atoms with Gasteiger partial charge in [-0.1, -0.05) is 23.2 Å². The van der Waals surface area contributed by atoms with Crippen LogP contribution in [0, 0.1) is 5.41 Å². The number of ether oxygens (including phenoxy) is 1. The van der Waals surface area contributed by atoms with Crippen LogP contribution in [0.1, 0.15) is 20.8 Å². The Kier molecular flexibility index (Phi) is 4.39. The number of carbonyl (C=O) groups is 1. The second-order valence-corrected chi connectivity index (χ2v) is 5.13. The Labute approximate surface area is 110 Å². The van der Waals surface area contributed by atoms with E-state index in [2.05, 4.69) is 0 Å². The molecule has 0 fully saturated rings. The molecule has 0 aliphatic rings. The van der Waals surface area contributed by atoms with Gasteiger partial charge in [0, 0.05) is 5.02 Å². The van der Waals surface area contributed by atoms with Gasteiger partial charge in [0.1, 0.15) is 11.5 Å². The summed E-state index contributed by atoms with van der Waals surface area (Å²) in [6, 6.07) is 4.45. The van der Waals surface area contributed by atoms with Crippen molar-refractivity contribution in [3.05, 3.63) is 28.2 Å². The fourth-order valence-corrected chi connectivity index (χ4v) is 1.44. The number of rotatable bonds is 4. The fraction of sp³-hybridized carbons (Fsp3) is 0.417. The third-order valence-corrected chi connectivity index (χ3v) is 3.13. The molecule has 0 radical (unpaired) electrons. The second-order valence-electron chi connectivity index (χ2n) is 4.29. The van der Waals surface area contributed by atoms with Gasteiger partial charge in [0.05, 0.1) is 10.4 Å². The fourth-order valence-electron chi connectivity index (χ4n) is 0.989. The van der Waals surface area contributed by atoms with Gasteiger partial charge in [0.25, 0.3) is 0 Å². The predicted octanol–water partition coefficient (Wildman–Crippen LogP) is 4.28. The number of ketones is 1. The molecule has 0 aliphatic carbocycles. The Balaban J connectivity index is 2.88. The zero-order valence-corrected chi connectivity index (χ0v) is 11.3. The van der Waals surface area contributed by atoms with Crippen molar-refractivity contribution in [3.8, 4) is 5.75 Å². The van der Waals surface area contributed by atoms with Gasteiger partial charge >= 0.3 is 0 Å². The van der Waals surface area contributed by atoms with Gasteiger partial charge in [0.15, 0.2) is 0 Å². The van der Waals surface area contributed by atoms with Crippen molar-refractivity contribution in [1.82, 2.24) is 0 Å². The van der Waals surface area contributed by atoms with E-state index in [9.17, 15) is 9.18 Å². The Morgan fingerprint density at radius 3 is 2.47 bits per heavy atom. The van der Waals surface area contributed by atoms with Gasteiger partial charge in [-0.25, -0.2) is 4.39 Å². The second kappa shape index (κ2) is 5.23. The highest BCUT2D eigenvalue weighted by molar-refractivity contribution is 6.35. The van der Waals surface area contributed by atoms with Crippen molar-refractivity contribution in [3.63, 3.8) is 0 Å². The van der Waals surface area contributed by atoms with Crippen molar-refractivity contribution in [1.29, 1.82) is 0 Å². The number of carbonyl (C=O) groups excluding carboxylic acids is 1. The van der Waals surface area contributed by atoms with E-state index >= 15 is 0 Å². The number of hydrogen-bond acceptors (Lipinski definition) is 2. The molecule has 1 aromatic carbocycles. The molecule has 1 unspecified atom stereocenters. The van der Waals surface area contributed by atoms with E-state index in [-0.39, 0.29) is 16.6 Å². The summed E-state index contributed by atoms with van der Waals surface area (Å²) in [7, 11) is 0. The molecule has 0 amide bonds. The summed E-state index contributed by atoms with van der Waals surface area (Å²) in [5.41, 5.74) is -1.22. The first-order chi connectivity index (χ1) is 7.75. The largest absolute Gasteiger partial charge is 0.458 e. The quantitative estimate of drug-likeness (QED) is 0.822. The molecular formula is C12H13Cl2FO2. The average Bonchev–Trinajstić information content (AvgIpc) is 2.21. The Morgan fingerprint density at radius 1 is 1.41 bits per heavy atom. The van der Waals surface area contributed by atoms with Gasteiger partial charge < -0.3 is 4.74 Å². The average molecular weight is 279 g/mol. The van der Waals surface area contributed by atoms with Crippen molar-refractivity contribution < 1.29 is 13.9 Å². The molecular weight excluding hydrogens is 266 g/mol. The molecule has 0 spiro atoms. The van der Waals surface area contributed by atoms with E-state index < -0.39 is 11.8 Å². The van der Waals surface area contributed by atoms with Crippen molar-refractivity contribution in [2.45, 2.75) is 27.1 Å². The van der Waals surface area contributed by atoms with Crippen LogP contribution in [0.2, 0.25) is 10.0 Å². The lowest BCUT2D eigenvalue weighted by Gasteiger charge is -2.26. The van der Waals surface area contributed by atoms with Crippen LogP contribution < -0.4 is 4.74 Å². The lowest BCUT2D eigenvalue weighted by molar-refractivity contribution is -0.136. The summed E-state index contributed by atoms with van der Waals surface area (Å²) in [6.45, 7) is 4.27. The van der Waals surface area contributed by atoms with Crippen LogP contribution in [0.15, 0.2) is 18.2 Å². The molecule has 2 nitrogen and oxygen atoms in total. The van der Waals surface area contributed by atoms with Crippen molar-refractivity contribution in [2.24, 2.45) is 5.41 Å². The highest BCUT2D eigenvalue weighted by atomic mass is 35.5. The summed E-state index contributed by atoms with van der Waals surface area (Å²) in [6.07, 6.45) is -1.77. The molecule has 17 heavy (non-hydrogen) atoms. The maximum absolute atomic E-state index is 13.9. The van der Waals surface area contributed by atoms with Crippen LogP contribution >= 0.6 is 23.2 Å². The zero-order chi connectivity index (χ0) is 13.2.